The highest BCUT2D eigenvalue weighted by atomic mass is 16.5. The molecule has 26 heavy (non-hydrogen) atoms. The van der Waals surface area contributed by atoms with E-state index < -0.39 is 0 Å². The zero-order valence-electron chi connectivity index (χ0n) is 14.4. The predicted octanol–water partition coefficient (Wildman–Crippen LogP) is 5.86. The molecule has 1 fully saturated rings. The van der Waals surface area contributed by atoms with Crippen LogP contribution in [0, 0.1) is 0 Å². The van der Waals surface area contributed by atoms with Crippen molar-refractivity contribution in [3.05, 3.63) is 90.1 Å². The fourth-order valence-electron chi connectivity index (χ4n) is 4.89. The number of hydrogen-bond donors (Lipinski definition) is 0. The molecule has 3 heterocycles. The molecule has 1 saturated heterocycles. The number of fused-ring (bicyclic) bond motifs is 8. The lowest BCUT2D eigenvalue weighted by Gasteiger charge is -2.30. The Morgan fingerprint density at radius 2 is 1.58 bits per heavy atom. The van der Waals surface area contributed by atoms with Gasteiger partial charge in [0.1, 0.15) is 0 Å². The average molecular weight is 337 g/mol. The monoisotopic (exact) mass is 337 g/mol. The summed E-state index contributed by atoms with van der Waals surface area (Å²) in [7, 11) is 0. The minimum atomic E-state index is 0.172. The van der Waals surface area contributed by atoms with Crippen molar-refractivity contribution >= 4 is 10.9 Å². The van der Waals surface area contributed by atoms with Gasteiger partial charge < -0.3 is 9.30 Å². The third kappa shape index (κ3) is 1.80. The molecule has 0 radical (unpaired) electrons. The highest BCUT2D eigenvalue weighted by Crippen LogP contribution is 2.53. The van der Waals surface area contributed by atoms with Gasteiger partial charge in [-0.3, -0.25) is 0 Å². The summed E-state index contributed by atoms with van der Waals surface area (Å²) in [4.78, 5) is 0. The molecule has 0 spiro atoms. The molecule has 1 aromatic heterocycles. The van der Waals surface area contributed by atoms with E-state index >= 15 is 0 Å². The molecule has 126 valence electrons. The van der Waals surface area contributed by atoms with Gasteiger partial charge in [-0.2, -0.15) is 0 Å². The first-order valence-electron chi connectivity index (χ1n) is 9.33. The van der Waals surface area contributed by atoms with E-state index in [9.17, 15) is 0 Å². The fraction of sp³-hybridized carbons (Fsp3) is 0.167. The van der Waals surface area contributed by atoms with Gasteiger partial charge in [0.15, 0.2) is 0 Å². The van der Waals surface area contributed by atoms with Gasteiger partial charge in [0.05, 0.1) is 17.3 Å². The summed E-state index contributed by atoms with van der Waals surface area (Å²) in [6.45, 7) is 0.833. The van der Waals surface area contributed by atoms with Crippen LogP contribution in [0.1, 0.15) is 29.7 Å². The molecule has 0 amide bonds. The molecule has 0 N–H and O–H groups in total. The molecule has 4 aromatic rings. The number of nitrogens with zero attached hydrogens (tertiary/aromatic N) is 1. The van der Waals surface area contributed by atoms with Gasteiger partial charge in [-0.15, -0.1) is 0 Å². The van der Waals surface area contributed by atoms with Gasteiger partial charge in [-0.1, -0.05) is 66.7 Å². The number of para-hydroxylation sites is 2. The van der Waals surface area contributed by atoms with Gasteiger partial charge in [-0.25, -0.2) is 0 Å². The third-order valence-corrected chi connectivity index (χ3v) is 5.90. The smallest absolute Gasteiger partial charge is 0.0929 e. The van der Waals surface area contributed by atoms with E-state index in [1.807, 2.05) is 0 Å². The van der Waals surface area contributed by atoms with Crippen LogP contribution >= 0.6 is 0 Å². The van der Waals surface area contributed by atoms with E-state index in [1.54, 1.807) is 0 Å². The highest BCUT2D eigenvalue weighted by molar-refractivity contribution is 6.00. The van der Waals surface area contributed by atoms with Gasteiger partial charge in [0.25, 0.3) is 0 Å². The van der Waals surface area contributed by atoms with Crippen molar-refractivity contribution in [1.29, 1.82) is 0 Å². The normalized spacial score (nSPS) is 20.6. The van der Waals surface area contributed by atoms with Crippen molar-refractivity contribution in [2.24, 2.45) is 0 Å². The molecule has 6 rings (SSSR count). The van der Waals surface area contributed by atoms with E-state index in [0.717, 1.165) is 13.0 Å². The lowest BCUT2D eigenvalue weighted by atomic mass is 9.85. The summed E-state index contributed by atoms with van der Waals surface area (Å²) in [5.41, 5.74) is 7.96. The third-order valence-electron chi connectivity index (χ3n) is 5.90. The predicted molar refractivity (Wildman–Crippen MR) is 105 cm³/mol. The van der Waals surface area contributed by atoms with Gasteiger partial charge in [-0.05, 0) is 24.1 Å². The Morgan fingerprint density at radius 1 is 0.808 bits per heavy atom. The topological polar surface area (TPSA) is 14.2 Å². The summed E-state index contributed by atoms with van der Waals surface area (Å²) in [6, 6.07) is 28.3. The SMILES string of the molecule is c1ccc(-c2c3n(c4ccccc24)-c2ccccc2[C@H]2OCC[C@@H]32)cc1. The van der Waals surface area contributed by atoms with E-state index in [0.29, 0.717) is 5.92 Å². The van der Waals surface area contributed by atoms with Crippen LogP contribution in [0.5, 0.6) is 0 Å². The van der Waals surface area contributed by atoms with Crippen LogP contribution in [0.2, 0.25) is 0 Å². The maximum Gasteiger partial charge on any atom is 0.0929 e. The van der Waals surface area contributed by atoms with Gasteiger partial charge >= 0.3 is 0 Å². The Morgan fingerprint density at radius 3 is 2.50 bits per heavy atom. The lowest BCUT2D eigenvalue weighted by Crippen LogP contribution is -2.19. The second-order valence-electron chi connectivity index (χ2n) is 7.22. The maximum absolute atomic E-state index is 6.21. The Labute approximate surface area is 152 Å². The maximum atomic E-state index is 6.21. The van der Waals surface area contributed by atoms with Crippen LogP contribution in [-0.2, 0) is 4.74 Å². The van der Waals surface area contributed by atoms with E-state index in [4.69, 9.17) is 4.74 Å². The summed E-state index contributed by atoms with van der Waals surface area (Å²) in [5, 5.41) is 1.33. The van der Waals surface area contributed by atoms with Crippen molar-refractivity contribution in [3.63, 3.8) is 0 Å². The number of rotatable bonds is 1. The molecule has 2 aliphatic heterocycles. The van der Waals surface area contributed by atoms with Crippen LogP contribution in [-0.4, -0.2) is 11.2 Å². The molecule has 3 aromatic carbocycles. The van der Waals surface area contributed by atoms with Crippen LogP contribution in [0.25, 0.3) is 27.7 Å². The van der Waals surface area contributed by atoms with Crippen molar-refractivity contribution in [3.8, 4) is 16.8 Å². The fourth-order valence-corrected chi connectivity index (χ4v) is 4.89. The molecule has 2 nitrogen and oxygen atoms in total. The zero-order valence-corrected chi connectivity index (χ0v) is 14.4. The molecule has 0 bridgehead atoms. The van der Waals surface area contributed by atoms with Crippen LogP contribution in [0.15, 0.2) is 78.9 Å². The van der Waals surface area contributed by atoms with Crippen LogP contribution in [0.4, 0.5) is 0 Å². The lowest BCUT2D eigenvalue weighted by molar-refractivity contribution is 0.101. The highest BCUT2D eigenvalue weighted by Gasteiger charge is 2.41. The molecule has 0 unspecified atom stereocenters. The van der Waals surface area contributed by atoms with E-state index in [1.165, 1.54) is 39.0 Å². The first kappa shape index (κ1) is 14.3. The van der Waals surface area contributed by atoms with E-state index in [-0.39, 0.29) is 6.10 Å². The standard InChI is InChI=1S/C24H19NO/c1-2-8-16(9-3-1)22-17-10-4-6-12-20(17)25-21-13-7-5-11-18(21)24-19(23(22)25)14-15-26-24/h1-13,19,24H,14-15H2/t19-,24+/m0/s1. The number of hydrogen-bond acceptors (Lipinski definition) is 1. The Balaban J connectivity index is 1.80. The second kappa shape index (κ2) is 5.33. The first-order chi connectivity index (χ1) is 12.9. The molecule has 2 aliphatic rings. The molecule has 2 atom stereocenters. The minimum absolute atomic E-state index is 0.172. The molecule has 2 heteroatoms. The van der Waals surface area contributed by atoms with Crippen LogP contribution in [0.3, 0.4) is 0 Å². The molecule has 0 aliphatic carbocycles. The Hall–Kier alpha value is -2.84. The van der Waals surface area contributed by atoms with Crippen molar-refractivity contribution < 1.29 is 4.74 Å². The zero-order chi connectivity index (χ0) is 17.1. The number of aromatic nitrogens is 1. The minimum Gasteiger partial charge on any atom is -0.373 e. The molecule has 0 saturated carbocycles. The Kier molecular flexibility index (Phi) is 2.94. The second-order valence-corrected chi connectivity index (χ2v) is 7.22. The quantitative estimate of drug-likeness (QED) is 0.424. The summed E-state index contributed by atoms with van der Waals surface area (Å²) in [5.74, 6) is 0.410. The van der Waals surface area contributed by atoms with Gasteiger partial charge in [0, 0.05) is 34.7 Å². The molecular formula is C24H19NO. The summed E-state index contributed by atoms with van der Waals surface area (Å²) >= 11 is 0. The van der Waals surface area contributed by atoms with Crippen molar-refractivity contribution in [2.45, 2.75) is 18.4 Å². The number of benzene rings is 3. The molecular weight excluding hydrogens is 318 g/mol. The van der Waals surface area contributed by atoms with Gasteiger partial charge in [0.2, 0.25) is 0 Å². The summed E-state index contributed by atoms with van der Waals surface area (Å²) in [6.07, 6.45) is 1.25. The number of ether oxygens (including phenoxy) is 1. The average Bonchev–Trinajstić information content (AvgIpc) is 3.32. The largest absolute Gasteiger partial charge is 0.373 e. The first-order valence-corrected chi connectivity index (χ1v) is 9.33. The van der Waals surface area contributed by atoms with Crippen molar-refractivity contribution in [1.82, 2.24) is 4.57 Å². The van der Waals surface area contributed by atoms with Crippen LogP contribution < -0.4 is 0 Å². The summed E-state index contributed by atoms with van der Waals surface area (Å²) < 4.78 is 8.70. The van der Waals surface area contributed by atoms with Crippen molar-refractivity contribution in [2.75, 3.05) is 6.61 Å². The Bertz CT molecular complexity index is 1090. The van der Waals surface area contributed by atoms with E-state index in [2.05, 4.69) is 83.4 Å².